The second-order valence-electron chi connectivity index (χ2n) is 3.02. The highest BCUT2D eigenvalue weighted by atomic mass is 19.4. The van der Waals surface area contributed by atoms with Crippen LogP contribution in [0.15, 0.2) is 18.2 Å². The molecule has 0 aromatic heterocycles. The monoisotopic (exact) mass is 260 g/mol. The zero-order chi connectivity index (χ0) is 13.3. The van der Waals surface area contributed by atoms with E-state index < -0.39 is 36.0 Å². The van der Waals surface area contributed by atoms with E-state index in [1.165, 1.54) is 0 Å². The molecule has 1 N–H and O–H groups in total. The highest BCUT2D eigenvalue weighted by molar-refractivity contribution is 5.37. The van der Waals surface area contributed by atoms with Gasteiger partial charge in [0.15, 0.2) is 0 Å². The molecule has 1 aromatic carbocycles. The van der Waals surface area contributed by atoms with Crippen LogP contribution in [0.5, 0.6) is 5.75 Å². The van der Waals surface area contributed by atoms with Crippen LogP contribution in [0.4, 0.5) is 26.3 Å². The molecule has 0 unspecified atom stereocenters. The second-order valence-corrected chi connectivity index (χ2v) is 3.02. The summed E-state index contributed by atoms with van der Waals surface area (Å²) in [4.78, 5) is 0. The molecule has 0 spiro atoms. The van der Waals surface area contributed by atoms with E-state index in [0.29, 0.717) is 6.07 Å². The van der Waals surface area contributed by atoms with E-state index >= 15 is 0 Å². The van der Waals surface area contributed by atoms with Crippen molar-refractivity contribution in [3.8, 4) is 5.75 Å². The van der Waals surface area contributed by atoms with Gasteiger partial charge in [-0.15, -0.1) is 13.2 Å². The van der Waals surface area contributed by atoms with E-state index in [2.05, 4.69) is 4.74 Å². The van der Waals surface area contributed by atoms with Gasteiger partial charge in [-0.05, 0) is 17.7 Å². The Balaban J connectivity index is 3.14. The zero-order valence-corrected chi connectivity index (χ0v) is 8.06. The van der Waals surface area contributed by atoms with Crippen molar-refractivity contribution in [2.24, 2.45) is 0 Å². The van der Waals surface area contributed by atoms with Gasteiger partial charge in [-0.1, -0.05) is 6.07 Å². The molecule has 0 amide bonds. The third-order valence-electron chi connectivity index (χ3n) is 1.79. The van der Waals surface area contributed by atoms with Crippen LogP contribution in [0.3, 0.4) is 0 Å². The quantitative estimate of drug-likeness (QED) is 0.828. The molecule has 2 nitrogen and oxygen atoms in total. The highest BCUT2D eigenvalue weighted by Gasteiger charge is 2.36. The van der Waals surface area contributed by atoms with Gasteiger partial charge in [0.25, 0.3) is 0 Å². The topological polar surface area (TPSA) is 29.5 Å². The lowest BCUT2D eigenvalue weighted by Crippen LogP contribution is -2.18. The van der Waals surface area contributed by atoms with Crippen molar-refractivity contribution in [3.05, 3.63) is 29.3 Å². The largest absolute Gasteiger partial charge is 0.573 e. The average Bonchev–Trinajstić information content (AvgIpc) is 2.13. The molecule has 8 heteroatoms. The Labute approximate surface area is 91.4 Å². The molecule has 0 radical (unpaired) electrons. The average molecular weight is 260 g/mol. The molecule has 1 aromatic rings. The molecule has 0 atom stereocenters. The van der Waals surface area contributed by atoms with E-state index in [1.807, 2.05) is 0 Å². The maximum absolute atomic E-state index is 12.4. The third-order valence-corrected chi connectivity index (χ3v) is 1.79. The van der Waals surface area contributed by atoms with Crippen molar-refractivity contribution in [2.45, 2.75) is 19.1 Å². The van der Waals surface area contributed by atoms with Gasteiger partial charge in [0.1, 0.15) is 5.75 Å². The number of alkyl halides is 6. The summed E-state index contributed by atoms with van der Waals surface area (Å²) in [6.07, 6.45) is -9.92. The molecule has 0 aliphatic rings. The van der Waals surface area contributed by atoms with E-state index in [9.17, 15) is 26.3 Å². The van der Waals surface area contributed by atoms with Crippen molar-refractivity contribution in [2.75, 3.05) is 0 Å². The van der Waals surface area contributed by atoms with E-state index in [4.69, 9.17) is 5.11 Å². The molecule has 0 saturated carbocycles. The summed E-state index contributed by atoms with van der Waals surface area (Å²) in [7, 11) is 0. The van der Waals surface area contributed by atoms with Crippen LogP contribution >= 0.6 is 0 Å². The number of benzene rings is 1. The van der Waals surface area contributed by atoms with Gasteiger partial charge in [-0.25, -0.2) is 0 Å². The van der Waals surface area contributed by atoms with Crippen LogP contribution in [0.25, 0.3) is 0 Å². The number of rotatable bonds is 2. The molecule has 17 heavy (non-hydrogen) atoms. The van der Waals surface area contributed by atoms with Crippen LogP contribution in [0.1, 0.15) is 11.1 Å². The Morgan fingerprint density at radius 1 is 1.06 bits per heavy atom. The summed E-state index contributed by atoms with van der Waals surface area (Å²) < 4.78 is 76.0. The first kappa shape index (κ1) is 13.6. The fraction of sp³-hybridized carbons (Fsp3) is 0.333. The first-order valence-electron chi connectivity index (χ1n) is 4.20. The van der Waals surface area contributed by atoms with Crippen molar-refractivity contribution in [1.82, 2.24) is 0 Å². The number of ether oxygens (including phenoxy) is 1. The lowest BCUT2D eigenvalue weighted by Gasteiger charge is -2.14. The summed E-state index contributed by atoms with van der Waals surface area (Å²) >= 11 is 0. The van der Waals surface area contributed by atoms with Crippen LogP contribution in [0, 0.1) is 0 Å². The Hall–Kier alpha value is -1.44. The standard InChI is InChI=1S/C9H6F6O2/c10-8(11,12)7-3-6(17-9(13,14)15)2-1-5(7)4-16/h1-3,16H,4H2. The van der Waals surface area contributed by atoms with Crippen LogP contribution in [-0.2, 0) is 12.8 Å². The number of aliphatic hydroxyl groups excluding tert-OH is 1. The molecule has 0 bridgehead atoms. The number of hydrogen-bond donors (Lipinski definition) is 1. The summed E-state index contributed by atoms with van der Waals surface area (Å²) in [5, 5.41) is 8.64. The number of aliphatic hydroxyl groups is 1. The minimum Gasteiger partial charge on any atom is -0.406 e. The Bertz CT molecular complexity index is 395. The molecule has 1 rings (SSSR count). The molecule has 0 aliphatic heterocycles. The smallest absolute Gasteiger partial charge is 0.406 e. The molecular formula is C9H6F6O2. The van der Waals surface area contributed by atoms with E-state index in [0.717, 1.165) is 6.07 Å². The van der Waals surface area contributed by atoms with Crippen molar-refractivity contribution in [1.29, 1.82) is 0 Å². The maximum Gasteiger partial charge on any atom is 0.573 e. The summed E-state index contributed by atoms with van der Waals surface area (Å²) in [6.45, 7) is -0.929. The van der Waals surface area contributed by atoms with Crippen LogP contribution in [0.2, 0.25) is 0 Å². The molecule has 0 fully saturated rings. The van der Waals surface area contributed by atoms with Crippen molar-refractivity contribution >= 4 is 0 Å². The van der Waals surface area contributed by atoms with Gasteiger partial charge >= 0.3 is 12.5 Å². The summed E-state index contributed by atoms with van der Waals surface area (Å²) in [5.74, 6) is -0.984. The van der Waals surface area contributed by atoms with Gasteiger partial charge in [-0.3, -0.25) is 0 Å². The molecular weight excluding hydrogens is 254 g/mol. The fourth-order valence-corrected chi connectivity index (χ4v) is 1.15. The summed E-state index contributed by atoms with van der Waals surface area (Å²) in [5.41, 5.74) is -1.88. The van der Waals surface area contributed by atoms with Gasteiger partial charge in [0.2, 0.25) is 0 Å². The first-order chi connectivity index (χ1) is 7.63. The van der Waals surface area contributed by atoms with Crippen molar-refractivity contribution in [3.63, 3.8) is 0 Å². The fourth-order valence-electron chi connectivity index (χ4n) is 1.15. The molecule has 0 aliphatic carbocycles. The Morgan fingerprint density at radius 3 is 2.06 bits per heavy atom. The zero-order valence-electron chi connectivity index (χ0n) is 8.06. The second kappa shape index (κ2) is 4.44. The Morgan fingerprint density at radius 2 is 1.65 bits per heavy atom. The lowest BCUT2D eigenvalue weighted by atomic mass is 10.1. The van der Waals surface area contributed by atoms with Gasteiger partial charge < -0.3 is 9.84 Å². The molecule has 96 valence electrons. The minimum atomic E-state index is -5.07. The summed E-state index contributed by atoms with van der Waals surface area (Å²) in [6, 6.07) is 1.62. The predicted molar refractivity (Wildman–Crippen MR) is 44.0 cm³/mol. The SMILES string of the molecule is OCc1ccc(OC(F)(F)F)cc1C(F)(F)F. The maximum atomic E-state index is 12.4. The number of halogens is 6. The van der Waals surface area contributed by atoms with Gasteiger partial charge in [0.05, 0.1) is 12.2 Å². The van der Waals surface area contributed by atoms with Gasteiger partial charge in [0, 0.05) is 0 Å². The Kier molecular flexibility index (Phi) is 3.56. The van der Waals surface area contributed by atoms with Crippen LogP contribution in [-0.4, -0.2) is 11.5 Å². The van der Waals surface area contributed by atoms with E-state index in [-0.39, 0.29) is 6.07 Å². The molecule has 0 heterocycles. The molecule has 0 saturated heterocycles. The van der Waals surface area contributed by atoms with Crippen molar-refractivity contribution < 1.29 is 36.2 Å². The predicted octanol–water partition coefficient (Wildman–Crippen LogP) is 3.10. The third kappa shape index (κ3) is 3.81. The highest BCUT2D eigenvalue weighted by Crippen LogP contribution is 2.35. The normalized spacial score (nSPS) is 12.6. The lowest BCUT2D eigenvalue weighted by molar-refractivity contribution is -0.274. The van der Waals surface area contributed by atoms with Gasteiger partial charge in [-0.2, -0.15) is 13.2 Å². The number of hydrogen-bond acceptors (Lipinski definition) is 2. The van der Waals surface area contributed by atoms with E-state index in [1.54, 1.807) is 0 Å². The minimum absolute atomic E-state index is 0.193. The first-order valence-corrected chi connectivity index (χ1v) is 4.20. The van der Waals surface area contributed by atoms with Crippen LogP contribution < -0.4 is 4.74 Å².